The van der Waals surface area contributed by atoms with E-state index in [1.165, 1.54) is 5.56 Å². The van der Waals surface area contributed by atoms with Crippen molar-refractivity contribution in [3.63, 3.8) is 0 Å². The molecule has 0 saturated heterocycles. The highest BCUT2D eigenvalue weighted by Crippen LogP contribution is 2.25. The Bertz CT molecular complexity index is 1190. The molecule has 1 aliphatic rings. The number of carbonyl (C=O) groups excluding carboxylic acids is 2. The van der Waals surface area contributed by atoms with Crippen molar-refractivity contribution in [2.45, 2.75) is 62.9 Å². The van der Waals surface area contributed by atoms with Crippen LogP contribution in [0.3, 0.4) is 0 Å². The smallest absolute Gasteiger partial charge is 0.243 e. The van der Waals surface area contributed by atoms with Crippen LogP contribution in [0.5, 0.6) is 0 Å². The number of thioether (sulfide) groups is 1. The summed E-state index contributed by atoms with van der Waals surface area (Å²) in [6.45, 7) is 0.286. The van der Waals surface area contributed by atoms with Crippen LogP contribution in [0.4, 0.5) is 0 Å². The van der Waals surface area contributed by atoms with Crippen molar-refractivity contribution in [2.24, 2.45) is 0 Å². The average Bonchev–Trinajstić information content (AvgIpc) is 3.44. The second kappa shape index (κ2) is 14.6. The summed E-state index contributed by atoms with van der Waals surface area (Å²) >= 11 is 14.2. The number of halogens is 2. The van der Waals surface area contributed by atoms with Crippen LogP contribution in [0.2, 0.25) is 10.0 Å². The molecular formula is C31H34Cl2N2O2S. The van der Waals surface area contributed by atoms with Crippen molar-refractivity contribution in [3.8, 4) is 0 Å². The second-order valence-electron chi connectivity index (χ2n) is 9.75. The first kappa shape index (κ1) is 28.5. The Morgan fingerprint density at radius 1 is 0.868 bits per heavy atom. The molecule has 1 fully saturated rings. The van der Waals surface area contributed by atoms with E-state index >= 15 is 0 Å². The molecule has 1 N–H and O–H groups in total. The Kier molecular flexibility index (Phi) is 11.0. The standard InChI is InChI=1S/C31H34Cl2N2O2S/c32-27-16-15-25(19-28(27)33)21-35(30(36)17-18-38-22-24-11-5-2-6-12-24)29(20-23-9-3-1-4-10-23)31(37)34-26-13-7-8-14-26/h1-6,9-12,15-16,19,26,29H,7-8,13-14,17-18,20-22H2,(H,34,37). The Morgan fingerprint density at radius 2 is 1.53 bits per heavy atom. The van der Waals surface area contributed by atoms with E-state index < -0.39 is 6.04 Å². The molecule has 1 aliphatic carbocycles. The summed E-state index contributed by atoms with van der Waals surface area (Å²) in [4.78, 5) is 29.2. The number of nitrogens with zero attached hydrogens (tertiary/aromatic N) is 1. The van der Waals surface area contributed by atoms with Crippen molar-refractivity contribution < 1.29 is 9.59 Å². The largest absolute Gasteiger partial charge is 0.352 e. The topological polar surface area (TPSA) is 49.4 Å². The molecule has 38 heavy (non-hydrogen) atoms. The minimum atomic E-state index is -0.626. The van der Waals surface area contributed by atoms with Gasteiger partial charge in [0.25, 0.3) is 0 Å². The number of rotatable bonds is 12. The third kappa shape index (κ3) is 8.52. The van der Waals surface area contributed by atoms with Gasteiger partial charge in [0, 0.05) is 36.9 Å². The average molecular weight is 570 g/mol. The number of nitrogens with one attached hydrogen (secondary N) is 1. The van der Waals surface area contributed by atoms with Gasteiger partial charge >= 0.3 is 0 Å². The van der Waals surface area contributed by atoms with Crippen LogP contribution in [0, 0.1) is 0 Å². The van der Waals surface area contributed by atoms with Gasteiger partial charge in [-0.3, -0.25) is 9.59 Å². The minimum absolute atomic E-state index is 0.0425. The fourth-order valence-electron chi connectivity index (χ4n) is 4.82. The second-order valence-corrected chi connectivity index (χ2v) is 11.7. The van der Waals surface area contributed by atoms with Gasteiger partial charge in [-0.25, -0.2) is 0 Å². The third-order valence-corrected chi connectivity index (χ3v) is 8.65. The minimum Gasteiger partial charge on any atom is -0.352 e. The predicted molar refractivity (Wildman–Crippen MR) is 159 cm³/mol. The highest BCUT2D eigenvalue weighted by molar-refractivity contribution is 7.98. The zero-order chi connectivity index (χ0) is 26.7. The Labute approximate surface area is 240 Å². The van der Waals surface area contributed by atoms with Crippen molar-refractivity contribution in [1.29, 1.82) is 0 Å². The maximum absolute atomic E-state index is 13.8. The molecule has 0 aromatic heterocycles. The summed E-state index contributed by atoms with van der Waals surface area (Å²) in [7, 11) is 0. The molecule has 0 bridgehead atoms. The first-order chi connectivity index (χ1) is 18.5. The molecule has 1 unspecified atom stereocenters. The van der Waals surface area contributed by atoms with Gasteiger partial charge in [0.15, 0.2) is 0 Å². The first-order valence-corrected chi connectivity index (χ1v) is 15.1. The lowest BCUT2D eigenvalue weighted by Crippen LogP contribution is -2.52. The fraction of sp³-hybridized carbons (Fsp3) is 0.355. The van der Waals surface area contributed by atoms with E-state index in [2.05, 4.69) is 17.4 Å². The molecule has 1 atom stereocenters. The van der Waals surface area contributed by atoms with Crippen molar-refractivity contribution in [1.82, 2.24) is 10.2 Å². The number of benzene rings is 3. The lowest BCUT2D eigenvalue weighted by molar-refractivity contribution is -0.141. The van der Waals surface area contributed by atoms with Crippen molar-refractivity contribution >= 4 is 46.8 Å². The van der Waals surface area contributed by atoms with Gasteiger partial charge < -0.3 is 10.2 Å². The van der Waals surface area contributed by atoms with Crippen LogP contribution in [0.15, 0.2) is 78.9 Å². The summed E-state index contributed by atoms with van der Waals surface area (Å²) in [5.41, 5.74) is 3.09. The molecule has 3 aromatic rings. The number of amides is 2. The van der Waals surface area contributed by atoms with Crippen molar-refractivity contribution in [2.75, 3.05) is 5.75 Å². The van der Waals surface area contributed by atoms with Gasteiger partial charge in [0.05, 0.1) is 10.0 Å². The molecule has 0 radical (unpaired) electrons. The molecule has 4 nitrogen and oxygen atoms in total. The molecule has 0 heterocycles. The summed E-state index contributed by atoms with van der Waals surface area (Å²) < 4.78 is 0. The molecule has 0 spiro atoms. The number of hydrogen-bond donors (Lipinski definition) is 1. The maximum atomic E-state index is 13.8. The third-order valence-electron chi connectivity index (χ3n) is 6.88. The summed E-state index contributed by atoms with van der Waals surface area (Å²) in [6.07, 6.45) is 5.02. The van der Waals surface area contributed by atoms with Crippen LogP contribution in [0.1, 0.15) is 48.8 Å². The zero-order valence-corrected chi connectivity index (χ0v) is 23.8. The van der Waals surface area contributed by atoms with Gasteiger partial charge in [-0.1, -0.05) is 103 Å². The normalized spacial score (nSPS) is 14.3. The summed E-state index contributed by atoms with van der Waals surface area (Å²) in [5, 5.41) is 4.14. The highest BCUT2D eigenvalue weighted by atomic mass is 35.5. The fourth-order valence-corrected chi connectivity index (χ4v) is 6.04. The van der Waals surface area contributed by atoms with Crippen molar-refractivity contribution in [3.05, 3.63) is 106 Å². The van der Waals surface area contributed by atoms with Gasteiger partial charge in [0.1, 0.15) is 6.04 Å². The van der Waals surface area contributed by atoms with E-state index in [0.29, 0.717) is 28.6 Å². The number of carbonyl (C=O) groups is 2. The van der Waals surface area contributed by atoms with E-state index in [0.717, 1.165) is 42.6 Å². The van der Waals surface area contributed by atoms with Gasteiger partial charge in [-0.2, -0.15) is 11.8 Å². The highest BCUT2D eigenvalue weighted by Gasteiger charge is 2.32. The van der Waals surface area contributed by atoms with Crippen LogP contribution in [-0.2, 0) is 28.3 Å². The van der Waals surface area contributed by atoms with E-state index in [4.69, 9.17) is 23.2 Å². The monoisotopic (exact) mass is 568 g/mol. The zero-order valence-electron chi connectivity index (χ0n) is 21.5. The van der Waals surface area contributed by atoms with Crippen LogP contribution in [-0.4, -0.2) is 34.6 Å². The van der Waals surface area contributed by atoms with Gasteiger partial charge in [-0.05, 0) is 41.7 Å². The molecular weight excluding hydrogens is 535 g/mol. The first-order valence-electron chi connectivity index (χ1n) is 13.2. The summed E-state index contributed by atoms with van der Waals surface area (Å²) in [6, 6.07) is 25.1. The lowest BCUT2D eigenvalue weighted by atomic mass is 10.0. The molecule has 2 amide bonds. The van der Waals surface area contributed by atoms with Crippen LogP contribution < -0.4 is 5.32 Å². The van der Waals surface area contributed by atoms with Gasteiger partial charge in [0.2, 0.25) is 11.8 Å². The van der Waals surface area contributed by atoms with Crippen LogP contribution in [0.25, 0.3) is 0 Å². The molecule has 4 rings (SSSR count). The molecule has 0 aliphatic heterocycles. The molecule has 3 aromatic carbocycles. The Morgan fingerprint density at radius 3 is 2.18 bits per heavy atom. The quantitative estimate of drug-likeness (QED) is 0.233. The van der Waals surface area contributed by atoms with Crippen LogP contribution >= 0.6 is 35.0 Å². The van der Waals surface area contributed by atoms with E-state index in [-0.39, 0.29) is 24.4 Å². The SMILES string of the molecule is O=C(NC1CCCC1)C(Cc1ccccc1)N(Cc1ccc(Cl)c(Cl)c1)C(=O)CCSCc1ccccc1. The lowest BCUT2D eigenvalue weighted by Gasteiger charge is -2.32. The molecule has 200 valence electrons. The Balaban J connectivity index is 1.54. The Hall–Kier alpha value is -2.47. The molecule has 7 heteroatoms. The maximum Gasteiger partial charge on any atom is 0.243 e. The predicted octanol–water partition coefficient (Wildman–Crippen LogP) is 7.32. The van der Waals surface area contributed by atoms with E-state index in [1.807, 2.05) is 54.6 Å². The molecule has 1 saturated carbocycles. The summed E-state index contributed by atoms with van der Waals surface area (Å²) in [5.74, 6) is 1.38. The van der Waals surface area contributed by atoms with E-state index in [9.17, 15) is 9.59 Å². The van der Waals surface area contributed by atoms with E-state index in [1.54, 1.807) is 28.8 Å². The van der Waals surface area contributed by atoms with Gasteiger partial charge in [-0.15, -0.1) is 0 Å². The number of hydrogen-bond acceptors (Lipinski definition) is 3.